The Hall–Kier alpha value is -4.27. The maximum absolute atomic E-state index is 13.8. The van der Waals surface area contributed by atoms with Crippen LogP contribution in [0.15, 0.2) is 48.7 Å². The van der Waals surface area contributed by atoms with Crippen LogP contribution in [0.2, 0.25) is 5.15 Å². The molecule has 9 nitrogen and oxygen atoms in total. The van der Waals surface area contributed by atoms with E-state index < -0.39 is 29.4 Å². The molecule has 1 aliphatic rings. The first-order valence-electron chi connectivity index (χ1n) is 12.6. The zero-order valence-electron chi connectivity index (χ0n) is 22.2. The molecule has 224 valence electrons. The lowest BCUT2D eigenvalue weighted by Crippen LogP contribution is -2.40. The largest absolute Gasteiger partial charge is 0.496 e. The Balaban J connectivity index is 1.49. The molecule has 0 bridgehead atoms. The number of rotatable bonds is 6. The summed E-state index contributed by atoms with van der Waals surface area (Å²) in [5, 5.41) is 5.41. The monoisotopic (exact) mass is 636 g/mol. The van der Waals surface area contributed by atoms with Gasteiger partial charge in [0.2, 0.25) is 0 Å². The van der Waals surface area contributed by atoms with Crippen LogP contribution in [0.1, 0.15) is 36.0 Å². The van der Waals surface area contributed by atoms with Crippen LogP contribution >= 0.6 is 22.9 Å². The predicted octanol–water partition coefficient (Wildman–Crippen LogP) is 6.09. The average Bonchev–Trinajstić information content (AvgIpc) is 3.34. The number of hydrogen-bond donors (Lipinski definition) is 2. The van der Waals surface area contributed by atoms with Crippen LogP contribution in [0.5, 0.6) is 5.75 Å². The lowest BCUT2D eigenvalue weighted by atomic mass is 10.1. The van der Waals surface area contributed by atoms with Crippen molar-refractivity contribution in [1.82, 2.24) is 9.88 Å². The van der Waals surface area contributed by atoms with E-state index in [0.29, 0.717) is 48.5 Å². The highest BCUT2D eigenvalue weighted by atomic mass is 35.5. The first-order chi connectivity index (χ1) is 20.5. The number of ether oxygens (including phenoxy) is 2. The average molecular weight is 637 g/mol. The van der Waals surface area contributed by atoms with E-state index >= 15 is 0 Å². The second-order valence-corrected chi connectivity index (χ2v) is 10.7. The molecule has 2 aromatic carbocycles. The van der Waals surface area contributed by atoms with Crippen molar-refractivity contribution in [1.29, 1.82) is 0 Å². The van der Waals surface area contributed by atoms with Crippen molar-refractivity contribution in [2.24, 2.45) is 0 Å². The molecule has 43 heavy (non-hydrogen) atoms. The number of methoxy groups -OCH3 is 1. The van der Waals surface area contributed by atoms with Gasteiger partial charge in [-0.1, -0.05) is 11.6 Å². The quantitative estimate of drug-likeness (QED) is 0.196. The summed E-state index contributed by atoms with van der Waals surface area (Å²) in [7, 11) is 1.35. The maximum atomic E-state index is 13.8. The third-order valence-electron chi connectivity index (χ3n) is 6.50. The molecule has 0 aliphatic carbocycles. The second-order valence-electron chi connectivity index (χ2n) is 9.23. The summed E-state index contributed by atoms with van der Waals surface area (Å²) >= 11 is 6.92. The maximum Gasteiger partial charge on any atom is 0.419 e. The molecule has 3 amide bonds. The molecule has 15 heteroatoms. The molecule has 0 atom stereocenters. The van der Waals surface area contributed by atoms with Crippen molar-refractivity contribution in [3.05, 3.63) is 81.2 Å². The van der Waals surface area contributed by atoms with E-state index in [-0.39, 0.29) is 44.2 Å². The van der Waals surface area contributed by atoms with Crippen molar-refractivity contribution >= 4 is 62.1 Å². The minimum atomic E-state index is -4.99. The van der Waals surface area contributed by atoms with Gasteiger partial charge in [0.05, 0.1) is 37.1 Å². The van der Waals surface area contributed by atoms with Crippen molar-refractivity contribution in [3.63, 3.8) is 0 Å². The van der Waals surface area contributed by atoms with E-state index in [0.717, 1.165) is 17.4 Å². The highest BCUT2D eigenvalue weighted by Crippen LogP contribution is 2.38. The van der Waals surface area contributed by atoms with Gasteiger partial charge in [-0.3, -0.25) is 14.4 Å². The van der Waals surface area contributed by atoms with Crippen LogP contribution in [0, 0.1) is 5.82 Å². The number of carbonyl (C=O) groups is 3. The van der Waals surface area contributed by atoms with Gasteiger partial charge in [-0.05, 0) is 42.5 Å². The Morgan fingerprint density at radius 2 is 1.79 bits per heavy atom. The molecule has 4 aromatic rings. The summed E-state index contributed by atoms with van der Waals surface area (Å²) in [6, 6.07) is 7.86. The van der Waals surface area contributed by atoms with Gasteiger partial charge < -0.3 is 25.0 Å². The number of hydrogen-bond acceptors (Lipinski definition) is 7. The lowest BCUT2D eigenvalue weighted by molar-refractivity contribution is -0.139. The summed E-state index contributed by atoms with van der Waals surface area (Å²) < 4.78 is 64.5. The SMILES string of the molecule is COc1ccc(C(=O)N2CCOCC2)cc1C(=O)Nc1c(C(=O)Nc2ccc(F)c(C(F)(F)F)c2)sc2cc(Cl)ncc12. The molecule has 1 saturated heterocycles. The fourth-order valence-electron chi connectivity index (χ4n) is 4.41. The third-order valence-corrected chi connectivity index (χ3v) is 7.86. The van der Waals surface area contributed by atoms with Gasteiger partial charge in [0, 0.05) is 40.6 Å². The van der Waals surface area contributed by atoms with Crippen LogP contribution in [-0.2, 0) is 10.9 Å². The summed E-state index contributed by atoms with van der Waals surface area (Å²) in [5.41, 5.74) is -1.66. The Morgan fingerprint density at radius 3 is 2.49 bits per heavy atom. The molecule has 3 heterocycles. The highest BCUT2D eigenvalue weighted by molar-refractivity contribution is 7.21. The molecule has 5 rings (SSSR count). The van der Waals surface area contributed by atoms with Crippen molar-refractivity contribution < 1.29 is 41.4 Å². The molecule has 0 unspecified atom stereocenters. The third kappa shape index (κ3) is 6.40. The number of carbonyl (C=O) groups excluding carboxylic acids is 3. The van der Waals surface area contributed by atoms with Crippen LogP contribution in [-0.4, -0.2) is 61.0 Å². The Kier molecular flexibility index (Phi) is 8.53. The summed E-state index contributed by atoms with van der Waals surface area (Å²) in [5.74, 6) is -3.27. The number of morpholine rings is 1. The summed E-state index contributed by atoms with van der Waals surface area (Å²) in [6.07, 6.45) is -3.66. The van der Waals surface area contributed by atoms with Gasteiger partial charge in [-0.15, -0.1) is 11.3 Å². The molecule has 1 aliphatic heterocycles. The number of aromatic nitrogens is 1. The van der Waals surface area contributed by atoms with Crippen molar-refractivity contribution in [2.45, 2.75) is 6.18 Å². The first kappa shape index (κ1) is 30.2. The molecule has 0 spiro atoms. The Morgan fingerprint density at radius 1 is 1.05 bits per heavy atom. The number of fused-ring (bicyclic) bond motifs is 1. The molecule has 1 fully saturated rings. The van der Waals surface area contributed by atoms with E-state index in [1.165, 1.54) is 37.6 Å². The Bertz CT molecular complexity index is 1740. The number of alkyl halides is 3. The number of thiophene rings is 1. The predicted molar refractivity (Wildman–Crippen MR) is 152 cm³/mol. The van der Waals surface area contributed by atoms with E-state index in [2.05, 4.69) is 15.6 Å². The van der Waals surface area contributed by atoms with Crippen molar-refractivity contribution in [3.8, 4) is 5.75 Å². The van der Waals surface area contributed by atoms with Gasteiger partial charge in [0.1, 0.15) is 21.6 Å². The van der Waals surface area contributed by atoms with Crippen LogP contribution in [0.25, 0.3) is 10.1 Å². The fourth-order valence-corrected chi connectivity index (χ4v) is 5.69. The van der Waals surface area contributed by atoms with E-state index in [1.807, 2.05) is 0 Å². The Labute approximate surface area is 250 Å². The van der Waals surface area contributed by atoms with Crippen LogP contribution < -0.4 is 15.4 Å². The molecule has 2 aromatic heterocycles. The normalized spacial score (nSPS) is 13.6. The molecule has 0 radical (unpaired) electrons. The van der Waals surface area contributed by atoms with E-state index in [9.17, 15) is 31.9 Å². The van der Waals surface area contributed by atoms with Gasteiger partial charge >= 0.3 is 6.18 Å². The number of nitrogens with zero attached hydrogens (tertiary/aromatic N) is 2. The topological polar surface area (TPSA) is 110 Å². The number of nitrogens with one attached hydrogen (secondary N) is 2. The van der Waals surface area contributed by atoms with E-state index in [1.54, 1.807) is 4.90 Å². The molecule has 0 saturated carbocycles. The number of benzene rings is 2. The fraction of sp³-hybridized carbons (Fsp3) is 0.214. The zero-order valence-corrected chi connectivity index (χ0v) is 23.8. The van der Waals surface area contributed by atoms with Gasteiger partial charge in [0.15, 0.2) is 0 Å². The minimum Gasteiger partial charge on any atom is -0.496 e. The number of amides is 3. The van der Waals surface area contributed by atoms with Gasteiger partial charge in [0.25, 0.3) is 17.7 Å². The number of anilines is 2. The minimum absolute atomic E-state index is 0.00298. The number of halogens is 5. The van der Waals surface area contributed by atoms with Crippen LogP contribution in [0.4, 0.5) is 28.9 Å². The van der Waals surface area contributed by atoms with Gasteiger partial charge in [-0.2, -0.15) is 13.2 Å². The second kappa shape index (κ2) is 12.1. The van der Waals surface area contributed by atoms with Gasteiger partial charge in [-0.25, -0.2) is 9.37 Å². The number of pyridine rings is 1. The first-order valence-corrected chi connectivity index (χ1v) is 13.8. The highest BCUT2D eigenvalue weighted by Gasteiger charge is 2.34. The summed E-state index contributed by atoms with van der Waals surface area (Å²) in [4.78, 5) is 45.5. The lowest BCUT2D eigenvalue weighted by Gasteiger charge is -2.27. The van der Waals surface area contributed by atoms with E-state index in [4.69, 9.17) is 21.1 Å². The molecule has 2 N–H and O–H groups in total. The van der Waals surface area contributed by atoms with Crippen LogP contribution in [0.3, 0.4) is 0 Å². The standard InChI is InChI=1S/C28H21ClF4N4O5S/c1-41-20-5-2-14(27(40)37-6-8-42-9-7-37)10-16(20)25(38)36-23-17-13-34-22(29)12-21(17)43-24(23)26(39)35-15-3-4-19(30)18(11-15)28(31,32)33/h2-5,10-13H,6-9H2,1H3,(H,35,39)(H,36,38). The summed E-state index contributed by atoms with van der Waals surface area (Å²) in [6.45, 7) is 1.55. The molecular formula is C28H21ClF4N4O5S. The zero-order chi connectivity index (χ0) is 30.9. The smallest absolute Gasteiger partial charge is 0.419 e. The van der Waals surface area contributed by atoms with Crippen molar-refractivity contribution in [2.75, 3.05) is 44.0 Å². The molecular weight excluding hydrogens is 616 g/mol.